The Morgan fingerprint density at radius 3 is 3.00 bits per heavy atom. The second-order valence-corrected chi connectivity index (χ2v) is 4.42. The van der Waals surface area contributed by atoms with E-state index in [1.807, 2.05) is 30.3 Å². The van der Waals surface area contributed by atoms with Crippen LogP contribution >= 0.6 is 0 Å². The van der Waals surface area contributed by atoms with E-state index >= 15 is 0 Å². The predicted octanol–water partition coefficient (Wildman–Crippen LogP) is 1.92. The van der Waals surface area contributed by atoms with Crippen molar-refractivity contribution < 1.29 is 9.53 Å². The van der Waals surface area contributed by atoms with Crippen LogP contribution in [0.4, 0.5) is 0 Å². The molecule has 0 radical (unpaired) electrons. The summed E-state index contributed by atoms with van der Waals surface area (Å²) in [6.45, 7) is 2.48. The molecule has 2 rings (SSSR count). The highest BCUT2D eigenvalue weighted by Gasteiger charge is 2.18. The van der Waals surface area contributed by atoms with Gasteiger partial charge in [0.1, 0.15) is 0 Å². The summed E-state index contributed by atoms with van der Waals surface area (Å²) in [6.07, 6.45) is 2.36. The topological polar surface area (TPSA) is 65.2 Å². The lowest BCUT2D eigenvalue weighted by Gasteiger charge is -2.13. The fourth-order valence-corrected chi connectivity index (χ4v) is 2.06. The number of carbonyl (C=O) groups excluding carboxylic acids is 1. The van der Waals surface area contributed by atoms with Crippen molar-refractivity contribution in [3.63, 3.8) is 0 Å². The van der Waals surface area contributed by atoms with Gasteiger partial charge in [0.15, 0.2) is 0 Å². The van der Waals surface area contributed by atoms with Gasteiger partial charge in [-0.05, 0) is 37.1 Å². The van der Waals surface area contributed by atoms with Crippen LogP contribution in [0.15, 0.2) is 36.5 Å². The van der Waals surface area contributed by atoms with Crippen molar-refractivity contribution in [2.45, 2.75) is 13.3 Å². The van der Waals surface area contributed by atoms with Gasteiger partial charge in [0.05, 0.1) is 18.0 Å². The minimum atomic E-state index is -0.283. The molecule has 100 valence electrons. The average molecular weight is 258 g/mol. The number of carbonyl (C=O) groups is 1. The molecule has 1 aromatic carbocycles. The largest absolute Gasteiger partial charge is 0.466 e. The fraction of sp³-hybridized carbons (Fsp3) is 0.333. The van der Waals surface area contributed by atoms with E-state index < -0.39 is 0 Å². The number of pyridine rings is 1. The van der Waals surface area contributed by atoms with Crippen molar-refractivity contribution in [2.24, 2.45) is 11.7 Å². The summed E-state index contributed by atoms with van der Waals surface area (Å²) in [6, 6.07) is 9.90. The molecule has 0 aliphatic rings. The van der Waals surface area contributed by atoms with Crippen molar-refractivity contribution in [3.05, 3.63) is 42.1 Å². The predicted molar refractivity (Wildman–Crippen MR) is 74.6 cm³/mol. The highest BCUT2D eigenvalue weighted by molar-refractivity contribution is 5.79. The fourth-order valence-electron chi connectivity index (χ4n) is 2.06. The zero-order valence-corrected chi connectivity index (χ0v) is 11.0. The quantitative estimate of drug-likeness (QED) is 0.832. The molecule has 0 fully saturated rings. The molecule has 0 saturated carbocycles. The summed E-state index contributed by atoms with van der Waals surface area (Å²) in [5, 5.41) is 1.07. The Labute approximate surface area is 112 Å². The summed E-state index contributed by atoms with van der Waals surface area (Å²) >= 11 is 0. The lowest BCUT2D eigenvalue weighted by atomic mass is 9.98. The zero-order valence-electron chi connectivity index (χ0n) is 11.0. The number of esters is 1. The molecule has 1 unspecified atom stereocenters. The van der Waals surface area contributed by atoms with E-state index in [1.54, 1.807) is 13.1 Å². The lowest BCUT2D eigenvalue weighted by Crippen LogP contribution is -2.27. The number of hydrogen-bond acceptors (Lipinski definition) is 4. The van der Waals surface area contributed by atoms with E-state index in [1.165, 1.54) is 0 Å². The molecule has 0 aliphatic heterocycles. The van der Waals surface area contributed by atoms with Crippen LogP contribution in [-0.4, -0.2) is 24.1 Å². The molecule has 1 heterocycles. The average Bonchev–Trinajstić information content (AvgIpc) is 2.44. The van der Waals surface area contributed by atoms with Crippen LogP contribution in [0.25, 0.3) is 10.9 Å². The first-order valence-electron chi connectivity index (χ1n) is 6.45. The van der Waals surface area contributed by atoms with Gasteiger partial charge in [-0.2, -0.15) is 0 Å². The van der Waals surface area contributed by atoms with Crippen LogP contribution in [0.2, 0.25) is 0 Å². The highest BCUT2D eigenvalue weighted by atomic mass is 16.5. The minimum absolute atomic E-state index is 0.226. The second-order valence-electron chi connectivity index (χ2n) is 4.42. The maximum Gasteiger partial charge on any atom is 0.310 e. The van der Waals surface area contributed by atoms with E-state index in [9.17, 15) is 4.79 Å². The van der Waals surface area contributed by atoms with Crippen molar-refractivity contribution in [1.29, 1.82) is 0 Å². The first-order valence-corrected chi connectivity index (χ1v) is 6.45. The normalized spacial score (nSPS) is 12.3. The Balaban J connectivity index is 2.17. The van der Waals surface area contributed by atoms with Crippen LogP contribution in [0.1, 0.15) is 12.5 Å². The van der Waals surface area contributed by atoms with Crippen molar-refractivity contribution in [2.75, 3.05) is 13.2 Å². The molecule has 0 amide bonds. The standard InChI is InChI=1S/C15H18N2O2/c1-2-19-15(18)13(10-16)9-11-5-6-14-12(8-11)4-3-7-17-14/h3-8,13H,2,9-10,16H2,1H3. The molecule has 0 aliphatic carbocycles. The van der Waals surface area contributed by atoms with E-state index in [0.29, 0.717) is 19.6 Å². The first-order chi connectivity index (χ1) is 9.24. The van der Waals surface area contributed by atoms with Crippen LogP contribution < -0.4 is 5.73 Å². The van der Waals surface area contributed by atoms with Crippen LogP contribution in [0.5, 0.6) is 0 Å². The summed E-state index contributed by atoms with van der Waals surface area (Å²) in [7, 11) is 0. The Hall–Kier alpha value is -1.94. The molecule has 1 atom stereocenters. The molecular formula is C15H18N2O2. The summed E-state index contributed by atoms with van der Waals surface area (Å²) in [5.74, 6) is -0.509. The molecule has 4 nitrogen and oxygen atoms in total. The number of rotatable bonds is 5. The molecule has 0 spiro atoms. The van der Waals surface area contributed by atoms with Crippen molar-refractivity contribution in [1.82, 2.24) is 4.98 Å². The van der Waals surface area contributed by atoms with E-state index in [0.717, 1.165) is 16.5 Å². The third-order valence-electron chi connectivity index (χ3n) is 3.05. The summed E-state index contributed by atoms with van der Waals surface area (Å²) in [4.78, 5) is 16.0. The number of benzene rings is 1. The third-order valence-corrected chi connectivity index (χ3v) is 3.05. The monoisotopic (exact) mass is 258 g/mol. The molecule has 2 aromatic rings. The number of fused-ring (bicyclic) bond motifs is 1. The van der Waals surface area contributed by atoms with Gasteiger partial charge in [0, 0.05) is 18.1 Å². The SMILES string of the molecule is CCOC(=O)C(CN)Cc1ccc2ncccc2c1. The van der Waals surface area contributed by atoms with E-state index in [-0.39, 0.29) is 11.9 Å². The Kier molecular flexibility index (Phi) is 4.47. The molecule has 1 aromatic heterocycles. The molecule has 0 saturated heterocycles. The van der Waals surface area contributed by atoms with Crippen LogP contribution in [0.3, 0.4) is 0 Å². The summed E-state index contributed by atoms with van der Waals surface area (Å²) < 4.78 is 5.02. The van der Waals surface area contributed by atoms with E-state index in [2.05, 4.69) is 4.98 Å². The highest BCUT2D eigenvalue weighted by Crippen LogP contribution is 2.16. The number of nitrogens with zero attached hydrogens (tertiary/aromatic N) is 1. The molecule has 4 heteroatoms. The number of aromatic nitrogens is 1. The van der Waals surface area contributed by atoms with Crippen LogP contribution in [0, 0.1) is 5.92 Å². The van der Waals surface area contributed by atoms with Crippen LogP contribution in [-0.2, 0) is 16.0 Å². The smallest absolute Gasteiger partial charge is 0.310 e. The summed E-state index contributed by atoms with van der Waals surface area (Å²) in [5.41, 5.74) is 7.68. The lowest BCUT2D eigenvalue weighted by molar-refractivity contribution is -0.147. The third kappa shape index (κ3) is 3.29. The zero-order chi connectivity index (χ0) is 13.7. The minimum Gasteiger partial charge on any atom is -0.466 e. The number of hydrogen-bond donors (Lipinski definition) is 1. The molecule has 2 N–H and O–H groups in total. The van der Waals surface area contributed by atoms with Gasteiger partial charge >= 0.3 is 5.97 Å². The molecule has 19 heavy (non-hydrogen) atoms. The second kappa shape index (κ2) is 6.29. The van der Waals surface area contributed by atoms with Gasteiger partial charge in [-0.3, -0.25) is 9.78 Å². The first kappa shape index (κ1) is 13.5. The van der Waals surface area contributed by atoms with Gasteiger partial charge < -0.3 is 10.5 Å². The van der Waals surface area contributed by atoms with Gasteiger partial charge in [0.25, 0.3) is 0 Å². The number of ether oxygens (including phenoxy) is 1. The van der Waals surface area contributed by atoms with Gasteiger partial charge in [-0.25, -0.2) is 0 Å². The van der Waals surface area contributed by atoms with Gasteiger partial charge in [-0.15, -0.1) is 0 Å². The van der Waals surface area contributed by atoms with Crippen molar-refractivity contribution >= 4 is 16.9 Å². The Morgan fingerprint density at radius 2 is 2.26 bits per heavy atom. The molecule has 0 bridgehead atoms. The number of nitrogens with two attached hydrogens (primary N) is 1. The van der Waals surface area contributed by atoms with Gasteiger partial charge in [0.2, 0.25) is 0 Å². The van der Waals surface area contributed by atoms with Crippen molar-refractivity contribution in [3.8, 4) is 0 Å². The van der Waals surface area contributed by atoms with E-state index in [4.69, 9.17) is 10.5 Å². The van der Waals surface area contributed by atoms with Gasteiger partial charge in [-0.1, -0.05) is 12.1 Å². The Bertz CT molecular complexity index is 569. The maximum absolute atomic E-state index is 11.7. The Morgan fingerprint density at radius 1 is 1.42 bits per heavy atom. The molecular weight excluding hydrogens is 240 g/mol. The maximum atomic E-state index is 11.7.